The lowest BCUT2D eigenvalue weighted by Crippen LogP contribution is -2.48. The van der Waals surface area contributed by atoms with E-state index in [0.29, 0.717) is 12.3 Å². The smallest absolute Gasteiger partial charge is 0.352 e. The number of halogens is 7. The number of carbonyl (C=O) groups excluding carboxylic acids is 1. The summed E-state index contributed by atoms with van der Waals surface area (Å²) in [5.74, 6) is -0.681. The zero-order valence-electron chi connectivity index (χ0n) is 15.8. The Kier molecular flexibility index (Phi) is 6.49. The summed E-state index contributed by atoms with van der Waals surface area (Å²) in [6.07, 6.45) is -8.07. The Bertz CT molecular complexity index is 967. The number of amides is 1. The minimum Gasteiger partial charge on any atom is -0.352 e. The van der Waals surface area contributed by atoms with Gasteiger partial charge >= 0.3 is 12.4 Å². The normalized spacial score (nSPS) is 15.9. The third-order valence-corrected chi connectivity index (χ3v) is 4.98. The summed E-state index contributed by atoms with van der Waals surface area (Å²) in [6, 6.07) is 7.75. The monoisotopic (exact) mass is 463 g/mol. The predicted octanol–water partition coefficient (Wildman–Crippen LogP) is 5.05. The SMILES string of the molecule is O=C(/C=C(\c1ccccc1)C(F)(F)F)N1CCN(c2ncc(C(F)(F)F)cc2Cl)CC1. The second-order valence-electron chi connectivity index (χ2n) is 6.76. The van der Waals surface area contributed by atoms with Gasteiger partial charge in [0.05, 0.1) is 16.2 Å². The van der Waals surface area contributed by atoms with E-state index >= 15 is 0 Å². The predicted molar refractivity (Wildman–Crippen MR) is 104 cm³/mol. The molecule has 0 bridgehead atoms. The molecule has 0 unspecified atom stereocenters. The quantitative estimate of drug-likeness (QED) is 0.472. The molecule has 1 aromatic carbocycles. The van der Waals surface area contributed by atoms with Crippen molar-refractivity contribution in [1.82, 2.24) is 9.88 Å². The Hall–Kier alpha value is -2.75. The fourth-order valence-electron chi connectivity index (χ4n) is 3.12. The number of nitrogens with zero attached hydrogens (tertiary/aromatic N) is 3. The lowest BCUT2D eigenvalue weighted by atomic mass is 10.0. The molecule has 0 radical (unpaired) electrons. The van der Waals surface area contributed by atoms with Crippen LogP contribution in [-0.4, -0.2) is 48.1 Å². The molecular formula is C20H16ClF6N3O. The van der Waals surface area contributed by atoms with Crippen LogP contribution in [0.2, 0.25) is 5.02 Å². The molecule has 0 N–H and O–H groups in total. The van der Waals surface area contributed by atoms with Crippen LogP contribution in [0, 0.1) is 0 Å². The Morgan fingerprint density at radius 2 is 1.61 bits per heavy atom. The van der Waals surface area contributed by atoms with Crippen LogP contribution >= 0.6 is 11.6 Å². The number of pyridine rings is 1. The molecule has 2 aromatic rings. The molecule has 1 saturated heterocycles. The van der Waals surface area contributed by atoms with Crippen molar-refractivity contribution in [3.05, 3.63) is 64.8 Å². The van der Waals surface area contributed by atoms with Crippen LogP contribution in [0.3, 0.4) is 0 Å². The number of allylic oxidation sites excluding steroid dienone is 1. The number of aromatic nitrogens is 1. The molecule has 11 heteroatoms. The van der Waals surface area contributed by atoms with Crippen LogP contribution in [0.25, 0.3) is 5.57 Å². The first kappa shape index (κ1) is 22.9. The highest BCUT2D eigenvalue weighted by Gasteiger charge is 2.36. The largest absolute Gasteiger partial charge is 0.417 e. The van der Waals surface area contributed by atoms with Gasteiger partial charge in [0.1, 0.15) is 5.82 Å². The molecule has 1 aromatic heterocycles. The fraction of sp³-hybridized carbons (Fsp3) is 0.300. The van der Waals surface area contributed by atoms with Crippen molar-refractivity contribution in [3.8, 4) is 0 Å². The van der Waals surface area contributed by atoms with Gasteiger partial charge in [-0.25, -0.2) is 4.98 Å². The van der Waals surface area contributed by atoms with Gasteiger partial charge in [-0.1, -0.05) is 41.9 Å². The van der Waals surface area contributed by atoms with E-state index in [1.807, 2.05) is 0 Å². The summed E-state index contributed by atoms with van der Waals surface area (Å²) in [5.41, 5.74) is -2.16. The number of alkyl halides is 6. The van der Waals surface area contributed by atoms with E-state index in [9.17, 15) is 31.1 Å². The van der Waals surface area contributed by atoms with Gasteiger partial charge in [-0.15, -0.1) is 0 Å². The summed E-state index contributed by atoms with van der Waals surface area (Å²) in [6.45, 7) is 0.442. The Morgan fingerprint density at radius 3 is 2.13 bits per heavy atom. The van der Waals surface area contributed by atoms with Gasteiger partial charge in [-0.3, -0.25) is 4.79 Å². The first-order valence-electron chi connectivity index (χ1n) is 9.07. The maximum Gasteiger partial charge on any atom is 0.417 e. The molecule has 1 amide bonds. The minimum absolute atomic E-state index is 0.0638. The molecule has 1 aliphatic rings. The Labute approximate surface area is 178 Å². The number of carbonyl (C=O) groups is 1. The number of piperazine rings is 1. The highest BCUT2D eigenvalue weighted by Crippen LogP contribution is 2.35. The first-order valence-corrected chi connectivity index (χ1v) is 9.45. The molecule has 0 saturated carbocycles. The minimum atomic E-state index is -4.71. The summed E-state index contributed by atoms with van der Waals surface area (Å²) in [5, 5.41) is -0.196. The molecule has 4 nitrogen and oxygen atoms in total. The number of hydrogen-bond acceptors (Lipinski definition) is 3. The fourth-order valence-corrected chi connectivity index (χ4v) is 3.40. The van der Waals surface area contributed by atoms with Crippen LogP contribution in [-0.2, 0) is 11.0 Å². The molecule has 31 heavy (non-hydrogen) atoms. The van der Waals surface area contributed by atoms with E-state index in [0.717, 1.165) is 6.07 Å². The van der Waals surface area contributed by atoms with E-state index < -0.39 is 29.4 Å². The molecule has 0 spiro atoms. The van der Waals surface area contributed by atoms with Crippen molar-refractivity contribution in [2.45, 2.75) is 12.4 Å². The molecule has 1 aliphatic heterocycles. The molecule has 1 fully saturated rings. The molecule has 2 heterocycles. The van der Waals surface area contributed by atoms with Gasteiger partial charge in [0, 0.05) is 38.5 Å². The Morgan fingerprint density at radius 1 is 1.00 bits per heavy atom. The van der Waals surface area contributed by atoms with E-state index in [1.54, 1.807) is 11.0 Å². The van der Waals surface area contributed by atoms with Crippen LogP contribution < -0.4 is 4.90 Å². The van der Waals surface area contributed by atoms with E-state index in [4.69, 9.17) is 11.6 Å². The van der Waals surface area contributed by atoms with Crippen molar-refractivity contribution in [2.24, 2.45) is 0 Å². The maximum atomic E-state index is 13.4. The second kappa shape index (κ2) is 8.78. The van der Waals surface area contributed by atoms with Gasteiger partial charge in [0.15, 0.2) is 0 Å². The Balaban J connectivity index is 1.72. The van der Waals surface area contributed by atoms with Gasteiger partial charge in [-0.05, 0) is 11.6 Å². The molecular weight excluding hydrogens is 448 g/mol. The van der Waals surface area contributed by atoms with Crippen LogP contribution in [0.1, 0.15) is 11.1 Å². The number of benzene rings is 1. The topological polar surface area (TPSA) is 36.4 Å². The van der Waals surface area contributed by atoms with E-state index in [2.05, 4.69) is 4.98 Å². The number of hydrogen-bond donors (Lipinski definition) is 0. The average Bonchev–Trinajstić information content (AvgIpc) is 2.71. The third-order valence-electron chi connectivity index (χ3n) is 4.70. The number of rotatable bonds is 3. The third kappa shape index (κ3) is 5.49. The van der Waals surface area contributed by atoms with Crippen LogP contribution in [0.4, 0.5) is 32.2 Å². The highest BCUT2D eigenvalue weighted by atomic mass is 35.5. The molecule has 3 rings (SSSR count). The standard InChI is InChI=1S/C20H16ClF6N3O/c21-16-10-14(19(22,23)24)12-28-18(16)30-8-6-29(7-9-30)17(31)11-15(20(25,26)27)13-4-2-1-3-5-13/h1-5,10-12H,6-9H2/b15-11+. The van der Waals surface area contributed by atoms with Crippen molar-refractivity contribution < 1.29 is 31.1 Å². The van der Waals surface area contributed by atoms with Crippen LogP contribution in [0.5, 0.6) is 0 Å². The maximum absolute atomic E-state index is 13.4. The lowest BCUT2D eigenvalue weighted by molar-refractivity contribution is -0.137. The van der Waals surface area contributed by atoms with Gasteiger partial charge in [-0.2, -0.15) is 26.3 Å². The average molecular weight is 464 g/mol. The van der Waals surface area contributed by atoms with Gasteiger partial charge in [0.2, 0.25) is 5.91 Å². The van der Waals surface area contributed by atoms with E-state index in [1.165, 1.54) is 29.2 Å². The van der Waals surface area contributed by atoms with Crippen molar-refractivity contribution in [1.29, 1.82) is 0 Å². The van der Waals surface area contributed by atoms with Gasteiger partial charge < -0.3 is 9.80 Å². The lowest BCUT2D eigenvalue weighted by Gasteiger charge is -2.35. The summed E-state index contributed by atoms with van der Waals surface area (Å²) in [7, 11) is 0. The zero-order valence-corrected chi connectivity index (χ0v) is 16.6. The van der Waals surface area contributed by atoms with Crippen molar-refractivity contribution >= 4 is 28.9 Å². The summed E-state index contributed by atoms with van der Waals surface area (Å²) >= 11 is 5.94. The van der Waals surface area contributed by atoms with E-state index in [-0.39, 0.29) is 42.6 Å². The second-order valence-corrected chi connectivity index (χ2v) is 7.17. The summed E-state index contributed by atoms with van der Waals surface area (Å²) < 4.78 is 78.5. The van der Waals surface area contributed by atoms with Crippen molar-refractivity contribution in [3.63, 3.8) is 0 Å². The van der Waals surface area contributed by atoms with Gasteiger partial charge in [0.25, 0.3) is 0 Å². The zero-order chi connectivity index (χ0) is 22.8. The highest BCUT2D eigenvalue weighted by molar-refractivity contribution is 6.33. The summed E-state index contributed by atoms with van der Waals surface area (Å²) in [4.78, 5) is 19.0. The number of anilines is 1. The van der Waals surface area contributed by atoms with Crippen molar-refractivity contribution in [2.75, 3.05) is 31.1 Å². The molecule has 0 aliphatic carbocycles. The molecule has 0 atom stereocenters. The molecule has 166 valence electrons. The first-order chi connectivity index (χ1) is 14.5. The van der Waals surface area contributed by atoms with Crippen LogP contribution in [0.15, 0.2) is 48.7 Å².